The van der Waals surface area contributed by atoms with Crippen molar-refractivity contribution in [3.05, 3.63) is 39.0 Å². The van der Waals surface area contributed by atoms with Gasteiger partial charge in [-0.15, -0.1) is 0 Å². The van der Waals surface area contributed by atoms with Crippen molar-refractivity contribution >= 4 is 33.3 Å². The van der Waals surface area contributed by atoms with Crippen LogP contribution in [0.5, 0.6) is 0 Å². The highest BCUT2D eigenvalue weighted by molar-refractivity contribution is 9.10. The fourth-order valence-electron chi connectivity index (χ4n) is 5.06. The van der Waals surface area contributed by atoms with E-state index in [-0.39, 0.29) is 17.7 Å². The van der Waals surface area contributed by atoms with Gasteiger partial charge in [-0.05, 0) is 49.8 Å². The fourth-order valence-corrected chi connectivity index (χ4v) is 5.62. The quantitative estimate of drug-likeness (QED) is 0.566. The topological polar surface area (TPSA) is 50.6 Å². The van der Waals surface area contributed by atoms with Crippen molar-refractivity contribution in [3.63, 3.8) is 0 Å². The molecule has 4 heterocycles. The van der Waals surface area contributed by atoms with Crippen molar-refractivity contribution in [1.82, 2.24) is 14.7 Å². The summed E-state index contributed by atoms with van der Waals surface area (Å²) < 4.78 is 35.9. The molecule has 0 spiro atoms. The number of hydrogen-bond acceptors (Lipinski definition) is 4. The second kappa shape index (κ2) is 8.74. The van der Waals surface area contributed by atoms with Crippen LogP contribution >= 0.6 is 15.9 Å². The average molecular weight is 509 g/mol. The number of anilines is 2. The molecule has 1 aromatic carbocycles. The molecule has 5 rings (SSSR count). The number of hydrogen-bond donors (Lipinski definition) is 0. The third-order valence-electron chi connectivity index (χ3n) is 6.71. The minimum Gasteiger partial charge on any atom is -0.356 e. The summed E-state index contributed by atoms with van der Waals surface area (Å²) in [7, 11) is 0. The van der Waals surface area contributed by atoms with Gasteiger partial charge in [0.05, 0.1) is 12.2 Å². The smallest absolute Gasteiger partial charge is 0.265 e. The average Bonchev–Trinajstić information content (AvgIpc) is 3.17. The van der Waals surface area contributed by atoms with Crippen LogP contribution in [0, 0.1) is 0 Å². The number of benzene rings is 1. The lowest BCUT2D eigenvalue weighted by Gasteiger charge is -2.36. The molecule has 0 bridgehead atoms. The molecular formula is C23H27BrF2N4O2. The number of nitrogens with zero attached hydrogens (tertiary/aromatic N) is 4. The van der Waals surface area contributed by atoms with Crippen LogP contribution in [0.3, 0.4) is 0 Å². The third-order valence-corrected chi connectivity index (χ3v) is 7.40. The zero-order chi connectivity index (χ0) is 22.4. The first-order chi connectivity index (χ1) is 15.4. The fraction of sp³-hybridized carbons (Fsp3) is 0.565. The van der Waals surface area contributed by atoms with Gasteiger partial charge in [-0.25, -0.2) is 13.5 Å². The van der Waals surface area contributed by atoms with Crippen molar-refractivity contribution < 1.29 is 18.3 Å². The van der Waals surface area contributed by atoms with Crippen LogP contribution in [0.4, 0.5) is 20.3 Å². The molecule has 1 aromatic heterocycles. The highest BCUT2D eigenvalue weighted by atomic mass is 79.9. The molecule has 1 amide bonds. The molecular weight excluding hydrogens is 482 g/mol. The standard InChI is InChI=1S/C23H27BrF2N4O2/c1-14(31)28-9-7-19-17(13-28)23(30(27-19)21-6-2-3-10-32-21)29-8-4-5-15-11-18(24)16(22(25)26)12-20(15)29/h11-12,21-22H,2-10,13H2,1H3. The van der Waals surface area contributed by atoms with Crippen LogP contribution in [0.1, 0.15) is 67.6 Å². The predicted octanol–water partition coefficient (Wildman–Crippen LogP) is 5.27. The number of carbonyl (C=O) groups excluding carboxylic acids is 1. The first kappa shape index (κ1) is 21.8. The number of rotatable bonds is 3. The molecule has 0 aliphatic carbocycles. The van der Waals surface area contributed by atoms with Gasteiger partial charge in [0, 0.05) is 54.3 Å². The monoisotopic (exact) mass is 508 g/mol. The summed E-state index contributed by atoms with van der Waals surface area (Å²) in [6, 6.07) is 3.44. The Morgan fingerprint density at radius 1 is 1.22 bits per heavy atom. The van der Waals surface area contributed by atoms with E-state index in [4.69, 9.17) is 9.84 Å². The first-order valence-corrected chi connectivity index (χ1v) is 12.1. The van der Waals surface area contributed by atoms with Crippen LogP contribution in [0.25, 0.3) is 0 Å². The van der Waals surface area contributed by atoms with Crippen LogP contribution < -0.4 is 4.90 Å². The maximum absolute atomic E-state index is 13.7. The van der Waals surface area contributed by atoms with E-state index in [9.17, 15) is 13.6 Å². The van der Waals surface area contributed by atoms with Crippen LogP contribution in [-0.2, 0) is 28.9 Å². The van der Waals surface area contributed by atoms with Gasteiger partial charge in [-0.3, -0.25) is 4.79 Å². The van der Waals surface area contributed by atoms with Gasteiger partial charge in [0.15, 0.2) is 6.23 Å². The predicted molar refractivity (Wildman–Crippen MR) is 120 cm³/mol. The van der Waals surface area contributed by atoms with E-state index in [1.165, 1.54) is 0 Å². The Balaban J connectivity index is 1.65. The molecule has 1 fully saturated rings. The maximum Gasteiger partial charge on any atom is 0.265 e. The summed E-state index contributed by atoms with van der Waals surface area (Å²) in [5, 5.41) is 4.95. The van der Waals surface area contributed by atoms with Gasteiger partial charge in [-0.1, -0.05) is 15.9 Å². The molecule has 6 nitrogen and oxygen atoms in total. The molecule has 1 atom stereocenters. The van der Waals surface area contributed by atoms with E-state index in [2.05, 4.69) is 20.8 Å². The van der Waals surface area contributed by atoms with E-state index in [0.29, 0.717) is 37.1 Å². The number of fused-ring (bicyclic) bond motifs is 2. The van der Waals surface area contributed by atoms with E-state index in [1.807, 2.05) is 15.6 Å². The summed E-state index contributed by atoms with van der Waals surface area (Å²) in [5.41, 5.74) is 3.82. The number of aromatic nitrogens is 2. The highest BCUT2D eigenvalue weighted by Gasteiger charge is 2.34. The molecule has 32 heavy (non-hydrogen) atoms. The number of amides is 1. The number of ether oxygens (including phenoxy) is 1. The summed E-state index contributed by atoms with van der Waals surface area (Å²) >= 11 is 3.33. The lowest BCUT2D eigenvalue weighted by Crippen LogP contribution is -2.35. The van der Waals surface area contributed by atoms with Gasteiger partial charge in [-0.2, -0.15) is 5.10 Å². The minimum atomic E-state index is -2.56. The Labute approximate surface area is 194 Å². The summed E-state index contributed by atoms with van der Waals surface area (Å²) in [6.45, 7) is 4.11. The Morgan fingerprint density at radius 3 is 2.78 bits per heavy atom. The summed E-state index contributed by atoms with van der Waals surface area (Å²) in [6.07, 6.45) is 2.66. The van der Waals surface area contributed by atoms with Crippen LogP contribution in [0.2, 0.25) is 0 Å². The van der Waals surface area contributed by atoms with Crippen molar-refractivity contribution in [2.24, 2.45) is 0 Å². The van der Waals surface area contributed by atoms with Gasteiger partial charge >= 0.3 is 0 Å². The highest BCUT2D eigenvalue weighted by Crippen LogP contribution is 2.43. The second-order valence-corrected chi connectivity index (χ2v) is 9.62. The SMILES string of the molecule is CC(=O)N1CCc2nn(C3CCCCO3)c(N3CCCc4cc(Br)c(C(F)F)cc43)c2C1. The molecule has 2 aromatic rings. The van der Waals surface area contributed by atoms with Crippen molar-refractivity contribution in [2.45, 2.75) is 64.6 Å². The van der Waals surface area contributed by atoms with E-state index < -0.39 is 6.43 Å². The molecule has 1 saturated heterocycles. The Bertz CT molecular complexity index is 1040. The molecule has 0 N–H and O–H groups in total. The molecule has 9 heteroatoms. The normalized spacial score (nSPS) is 21.0. The van der Waals surface area contributed by atoms with Gasteiger partial charge in [0.25, 0.3) is 6.43 Å². The van der Waals surface area contributed by atoms with Crippen molar-refractivity contribution in [1.29, 1.82) is 0 Å². The number of carbonyl (C=O) groups is 1. The van der Waals surface area contributed by atoms with Crippen LogP contribution in [0.15, 0.2) is 16.6 Å². The van der Waals surface area contributed by atoms with Gasteiger partial charge in [0.2, 0.25) is 5.91 Å². The van der Waals surface area contributed by atoms with Gasteiger partial charge < -0.3 is 14.5 Å². The zero-order valence-corrected chi connectivity index (χ0v) is 19.7. The molecule has 3 aliphatic rings. The summed E-state index contributed by atoms with van der Waals surface area (Å²) in [4.78, 5) is 16.1. The second-order valence-electron chi connectivity index (χ2n) is 8.76. The number of alkyl halides is 2. The Kier molecular flexibility index (Phi) is 5.96. The molecule has 3 aliphatic heterocycles. The Hall–Kier alpha value is -2.00. The van der Waals surface area contributed by atoms with Gasteiger partial charge in [0.1, 0.15) is 5.82 Å². The number of aryl methyl sites for hydroxylation is 1. The lowest BCUT2D eigenvalue weighted by molar-refractivity contribution is -0.129. The Morgan fingerprint density at radius 2 is 2.06 bits per heavy atom. The summed E-state index contributed by atoms with van der Waals surface area (Å²) in [5.74, 6) is 0.924. The molecule has 0 radical (unpaired) electrons. The molecule has 1 unspecified atom stereocenters. The third kappa shape index (κ3) is 3.83. The minimum absolute atomic E-state index is 0.00476. The zero-order valence-electron chi connectivity index (χ0n) is 18.1. The van der Waals surface area contributed by atoms with Crippen molar-refractivity contribution in [3.8, 4) is 0 Å². The van der Waals surface area contributed by atoms with E-state index in [0.717, 1.165) is 60.4 Å². The number of halogens is 3. The maximum atomic E-state index is 13.7. The lowest BCUT2D eigenvalue weighted by atomic mass is 9.98. The van der Waals surface area contributed by atoms with Crippen LogP contribution in [-0.4, -0.2) is 40.3 Å². The molecule has 0 saturated carbocycles. The van der Waals surface area contributed by atoms with E-state index in [1.54, 1.807) is 13.0 Å². The first-order valence-electron chi connectivity index (χ1n) is 11.3. The largest absolute Gasteiger partial charge is 0.356 e. The van der Waals surface area contributed by atoms with E-state index >= 15 is 0 Å². The van der Waals surface area contributed by atoms with Crippen molar-refractivity contribution in [2.75, 3.05) is 24.6 Å². The molecule has 172 valence electrons.